The van der Waals surface area contributed by atoms with Crippen molar-refractivity contribution in [3.8, 4) is 5.75 Å². The molecule has 1 N–H and O–H groups in total. The van der Waals surface area contributed by atoms with Gasteiger partial charge < -0.3 is 10.1 Å². The SMILES string of the molecule is COc1cccc(C=CCNC(C)(C)C)c1. The van der Waals surface area contributed by atoms with Crippen LogP contribution < -0.4 is 10.1 Å². The molecule has 2 nitrogen and oxygen atoms in total. The lowest BCUT2D eigenvalue weighted by atomic mass is 10.1. The van der Waals surface area contributed by atoms with Crippen molar-refractivity contribution in [1.82, 2.24) is 5.32 Å². The minimum Gasteiger partial charge on any atom is -0.497 e. The second kappa shape index (κ2) is 5.71. The summed E-state index contributed by atoms with van der Waals surface area (Å²) in [6.07, 6.45) is 4.22. The van der Waals surface area contributed by atoms with Crippen LogP contribution in [0.15, 0.2) is 30.3 Å². The molecular weight excluding hydrogens is 198 g/mol. The van der Waals surface area contributed by atoms with Gasteiger partial charge in [-0.3, -0.25) is 0 Å². The number of hydrogen-bond donors (Lipinski definition) is 1. The third-order valence-electron chi connectivity index (χ3n) is 2.15. The summed E-state index contributed by atoms with van der Waals surface area (Å²) in [4.78, 5) is 0. The van der Waals surface area contributed by atoms with E-state index in [9.17, 15) is 0 Å². The molecule has 0 saturated carbocycles. The molecule has 0 aromatic heterocycles. The molecule has 0 saturated heterocycles. The van der Waals surface area contributed by atoms with E-state index in [0.29, 0.717) is 0 Å². The first kappa shape index (κ1) is 12.8. The molecule has 0 radical (unpaired) electrons. The summed E-state index contributed by atoms with van der Waals surface area (Å²) in [6, 6.07) is 8.03. The smallest absolute Gasteiger partial charge is 0.119 e. The monoisotopic (exact) mass is 219 g/mol. The van der Waals surface area contributed by atoms with Crippen LogP contribution in [0.25, 0.3) is 6.08 Å². The average molecular weight is 219 g/mol. The number of nitrogens with one attached hydrogen (secondary N) is 1. The third-order valence-corrected chi connectivity index (χ3v) is 2.15. The first-order valence-electron chi connectivity index (χ1n) is 5.57. The molecule has 0 bridgehead atoms. The maximum atomic E-state index is 5.17. The van der Waals surface area contributed by atoms with Crippen LogP contribution in [-0.2, 0) is 0 Å². The van der Waals surface area contributed by atoms with Gasteiger partial charge in [-0.25, -0.2) is 0 Å². The fourth-order valence-electron chi connectivity index (χ4n) is 1.31. The molecule has 0 aliphatic heterocycles. The quantitative estimate of drug-likeness (QED) is 0.840. The van der Waals surface area contributed by atoms with Crippen LogP contribution in [-0.4, -0.2) is 19.2 Å². The first-order chi connectivity index (χ1) is 7.51. The van der Waals surface area contributed by atoms with Gasteiger partial charge >= 0.3 is 0 Å². The number of benzene rings is 1. The van der Waals surface area contributed by atoms with Gasteiger partial charge in [-0.2, -0.15) is 0 Å². The van der Waals surface area contributed by atoms with E-state index >= 15 is 0 Å². The number of rotatable bonds is 4. The van der Waals surface area contributed by atoms with E-state index in [2.05, 4.69) is 44.3 Å². The zero-order chi connectivity index (χ0) is 12.0. The van der Waals surface area contributed by atoms with Crippen molar-refractivity contribution in [2.75, 3.05) is 13.7 Å². The summed E-state index contributed by atoms with van der Waals surface area (Å²) in [5, 5.41) is 3.40. The Morgan fingerprint density at radius 2 is 2.06 bits per heavy atom. The Balaban J connectivity index is 2.49. The lowest BCUT2D eigenvalue weighted by molar-refractivity contribution is 0.414. The molecule has 0 heterocycles. The van der Waals surface area contributed by atoms with Crippen molar-refractivity contribution >= 4 is 6.08 Å². The summed E-state index contributed by atoms with van der Waals surface area (Å²) in [6.45, 7) is 7.35. The van der Waals surface area contributed by atoms with Gasteiger partial charge in [0.1, 0.15) is 5.75 Å². The lowest BCUT2D eigenvalue weighted by Gasteiger charge is -2.18. The summed E-state index contributed by atoms with van der Waals surface area (Å²) in [7, 11) is 1.68. The van der Waals surface area contributed by atoms with Crippen LogP contribution in [0.2, 0.25) is 0 Å². The highest BCUT2D eigenvalue weighted by atomic mass is 16.5. The predicted molar refractivity (Wildman–Crippen MR) is 69.8 cm³/mol. The standard InChI is InChI=1S/C14H21NO/c1-14(2,3)15-10-6-8-12-7-5-9-13(11-12)16-4/h5-9,11,15H,10H2,1-4H3. The Hall–Kier alpha value is -1.28. The van der Waals surface area contributed by atoms with E-state index in [4.69, 9.17) is 4.74 Å². The van der Waals surface area contributed by atoms with Crippen LogP contribution in [0.4, 0.5) is 0 Å². The Kier molecular flexibility index (Phi) is 4.56. The Morgan fingerprint density at radius 1 is 1.31 bits per heavy atom. The summed E-state index contributed by atoms with van der Waals surface area (Å²) < 4.78 is 5.17. The number of hydrogen-bond acceptors (Lipinski definition) is 2. The fourth-order valence-corrected chi connectivity index (χ4v) is 1.31. The van der Waals surface area contributed by atoms with E-state index in [1.807, 2.05) is 18.2 Å². The molecule has 1 aromatic carbocycles. The van der Waals surface area contributed by atoms with Crippen molar-refractivity contribution in [2.24, 2.45) is 0 Å². The molecule has 0 spiro atoms. The molecule has 1 rings (SSSR count). The maximum absolute atomic E-state index is 5.17. The van der Waals surface area contributed by atoms with Crippen LogP contribution in [0.1, 0.15) is 26.3 Å². The van der Waals surface area contributed by atoms with Crippen molar-refractivity contribution < 1.29 is 4.74 Å². The van der Waals surface area contributed by atoms with Crippen molar-refractivity contribution in [3.63, 3.8) is 0 Å². The lowest BCUT2D eigenvalue weighted by Crippen LogP contribution is -2.35. The van der Waals surface area contributed by atoms with E-state index in [0.717, 1.165) is 17.9 Å². The second-order valence-electron chi connectivity index (χ2n) is 4.81. The molecule has 16 heavy (non-hydrogen) atoms. The van der Waals surface area contributed by atoms with Gasteiger partial charge in [0.2, 0.25) is 0 Å². The Bertz CT molecular complexity index is 350. The fraction of sp³-hybridized carbons (Fsp3) is 0.429. The van der Waals surface area contributed by atoms with Gasteiger partial charge in [0, 0.05) is 12.1 Å². The summed E-state index contributed by atoms with van der Waals surface area (Å²) in [5.41, 5.74) is 1.33. The first-order valence-corrected chi connectivity index (χ1v) is 5.57. The zero-order valence-electron chi connectivity index (χ0n) is 10.6. The molecule has 0 amide bonds. The van der Waals surface area contributed by atoms with Gasteiger partial charge in [-0.05, 0) is 38.5 Å². The third kappa shape index (κ3) is 4.99. The molecule has 0 aliphatic rings. The molecule has 2 heteroatoms. The van der Waals surface area contributed by atoms with Crippen molar-refractivity contribution in [1.29, 1.82) is 0 Å². The highest BCUT2D eigenvalue weighted by Gasteiger charge is 2.05. The zero-order valence-corrected chi connectivity index (χ0v) is 10.6. The highest BCUT2D eigenvalue weighted by Crippen LogP contribution is 2.13. The molecule has 0 aliphatic carbocycles. The van der Waals surface area contributed by atoms with Crippen LogP contribution >= 0.6 is 0 Å². The molecular formula is C14H21NO. The maximum Gasteiger partial charge on any atom is 0.119 e. The molecule has 0 unspecified atom stereocenters. The summed E-state index contributed by atoms with van der Waals surface area (Å²) in [5.74, 6) is 0.894. The normalized spacial score (nSPS) is 12.0. The van der Waals surface area contributed by atoms with E-state index in [-0.39, 0.29) is 5.54 Å². The van der Waals surface area contributed by atoms with Crippen LogP contribution in [0, 0.1) is 0 Å². The van der Waals surface area contributed by atoms with Crippen molar-refractivity contribution in [2.45, 2.75) is 26.3 Å². The topological polar surface area (TPSA) is 21.3 Å². The van der Waals surface area contributed by atoms with Gasteiger partial charge in [-0.1, -0.05) is 24.3 Å². The minimum absolute atomic E-state index is 0.165. The van der Waals surface area contributed by atoms with Gasteiger partial charge in [0.05, 0.1) is 7.11 Å². The second-order valence-corrected chi connectivity index (χ2v) is 4.81. The summed E-state index contributed by atoms with van der Waals surface area (Å²) >= 11 is 0. The number of ether oxygens (including phenoxy) is 1. The molecule has 1 aromatic rings. The Morgan fingerprint density at radius 3 is 2.69 bits per heavy atom. The predicted octanol–water partition coefficient (Wildman–Crippen LogP) is 3.10. The highest BCUT2D eigenvalue weighted by molar-refractivity contribution is 5.51. The van der Waals surface area contributed by atoms with E-state index in [1.54, 1.807) is 7.11 Å². The Labute approximate surface area is 98.3 Å². The van der Waals surface area contributed by atoms with Gasteiger partial charge in [0.25, 0.3) is 0 Å². The molecule has 88 valence electrons. The van der Waals surface area contributed by atoms with Crippen LogP contribution in [0.3, 0.4) is 0 Å². The van der Waals surface area contributed by atoms with E-state index in [1.165, 1.54) is 0 Å². The number of methoxy groups -OCH3 is 1. The average Bonchev–Trinajstić information content (AvgIpc) is 2.23. The minimum atomic E-state index is 0.165. The largest absolute Gasteiger partial charge is 0.497 e. The van der Waals surface area contributed by atoms with Crippen LogP contribution in [0.5, 0.6) is 5.75 Å². The van der Waals surface area contributed by atoms with Gasteiger partial charge in [-0.15, -0.1) is 0 Å². The molecule has 0 atom stereocenters. The molecule has 0 fully saturated rings. The van der Waals surface area contributed by atoms with Crippen molar-refractivity contribution in [3.05, 3.63) is 35.9 Å². The van der Waals surface area contributed by atoms with Gasteiger partial charge in [0.15, 0.2) is 0 Å². The van der Waals surface area contributed by atoms with E-state index < -0.39 is 0 Å².